The zero-order valence-corrected chi connectivity index (χ0v) is 15.3. The predicted octanol–water partition coefficient (Wildman–Crippen LogP) is 0.131. The van der Waals surface area contributed by atoms with E-state index < -0.39 is 19.9 Å². The molecule has 0 saturated carbocycles. The van der Waals surface area contributed by atoms with E-state index in [1.807, 2.05) is 0 Å². The number of sulfonamides is 1. The third-order valence-electron chi connectivity index (χ3n) is 3.98. The van der Waals surface area contributed by atoms with Crippen molar-refractivity contribution in [3.8, 4) is 0 Å². The molecule has 0 bridgehead atoms. The van der Waals surface area contributed by atoms with Crippen molar-refractivity contribution >= 4 is 37.4 Å². The summed E-state index contributed by atoms with van der Waals surface area (Å²) in [5.74, 6) is -0.479. The van der Waals surface area contributed by atoms with Crippen LogP contribution in [0.25, 0.3) is 0 Å². The van der Waals surface area contributed by atoms with E-state index in [4.69, 9.17) is 16.7 Å². The van der Waals surface area contributed by atoms with Gasteiger partial charge in [0.15, 0.2) is 9.84 Å². The van der Waals surface area contributed by atoms with Crippen LogP contribution in [0.2, 0.25) is 0 Å². The van der Waals surface area contributed by atoms with Crippen LogP contribution in [0.4, 0.5) is 0 Å². The SMILES string of the molecule is NS(=O)(=O)c1ccc(CCN(C(=O)CCl)C2CCS(=O)(=O)C2)cc1. The number of alkyl halides is 1. The first-order valence-corrected chi connectivity index (χ1v) is 11.2. The molecule has 1 amide bonds. The van der Waals surface area contributed by atoms with Crippen LogP contribution in [0.5, 0.6) is 0 Å². The van der Waals surface area contributed by atoms with Gasteiger partial charge in [0.2, 0.25) is 15.9 Å². The van der Waals surface area contributed by atoms with Gasteiger partial charge in [-0.15, -0.1) is 11.6 Å². The van der Waals surface area contributed by atoms with Crippen LogP contribution < -0.4 is 5.14 Å². The van der Waals surface area contributed by atoms with Gasteiger partial charge in [-0.2, -0.15) is 0 Å². The van der Waals surface area contributed by atoms with E-state index in [-0.39, 0.29) is 34.2 Å². The highest BCUT2D eigenvalue weighted by Gasteiger charge is 2.34. The van der Waals surface area contributed by atoms with Crippen LogP contribution in [0.3, 0.4) is 0 Å². The van der Waals surface area contributed by atoms with Crippen molar-refractivity contribution in [2.45, 2.75) is 23.8 Å². The molecule has 1 heterocycles. The van der Waals surface area contributed by atoms with Gasteiger partial charge in [-0.05, 0) is 30.5 Å². The van der Waals surface area contributed by atoms with Crippen LogP contribution in [-0.2, 0) is 31.1 Å². The number of hydrogen-bond donors (Lipinski definition) is 1. The summed E-state index contributed by atoms with van der Waals surface area (Å²) in [4.78, 5) is 13.5. The van der Waals surface area contributed by atoms with Crippen LogP contribution in [-0.4, -0.2) is 57.6 Å². The molecule has 134 valence electrons. The van der Waals surface area contributed by atoms with E-state index in [1.165, 1.54) is 17.0 Å². The summed E-state index contributed by atoms with van der Waals surface area (Å²) in [6.07, 6.45) is 0.874. The Morgan fingerprint density at radius 1 is 1.29 bits per heavy atom. The smallest absolute Gasteiger partial charge is 0.238 e. The third-order valence-corrected chi connectivity index (χ3v) is 6.89. The second kappa shape index (κ2) is 7.38. The number of sulfone groups is 1. The molecule has 1 aromatic carbocycles. The van der Waals surface area contributed by atoms with Crippen molar-refractivity contribution in [1.29, 1.82) is 0 Å². The Bertz CT molecular complexity index is 806. The number of benzene rings is 1. The zero-order chi connectivity index (χ0) is 18.0. The van der Waals surface area contributed by atoms with Gasteiger partial charge in [-0.3, -0.25) is 4.79 Å². The van der Waals surface area contributed by atoms with Gasteiger partial charge in [0.05, 0.1) is 16.4 Å². The molecule has 1 saturated heterocycles. The maximum Gasteiger partial charge on any atom is 0.238 e. The molecule has 1 aliphatic rings. The Morgan fingerprint density at radius 2 is 1.92 bits per heavy atom. The van der Waals surface area contributed by atoms with Gasteiger partial charge < -0.3 is 4.90 Å². The van der Waals surface area contributed by atoms with Crippen molar-refractivity contribution in [3.63, 3.8) is 0 Å². The van der Waals surface area contributed by atoms with Crippen molar-refractivity contribution in [3.05, 3.63) is 29.8 Å². The van der Waals surface area contributed by atoms with Gasteiger partial charge in [0.1, 0.15) is 5.88 Å². The lowest BCUT2D eigenvalue weighted by Crippen LogP contribution is -2.43. The minimum atomic E-state index is -3.74. The van der Waals surface area contributed by atoms with E-state index in [2.05, 4.69) is 0 Å². The third kappa shape index (κ3) is 4.92. The van der Waals surface area contributed by atoms with Gasteiger partial charge >= 0.3 is 0 Å². The number of nitrogens with two attached hydrogens (primary N) is 1. The number of primary sulfonamides is 1. The van der Waals surface area contributed by atoms with Crippen LogP contribution in [0, 0.1) is 0 Å². The summed E-state index contributed by atoms with van der Waals surface area (Å²) in [5, 5.41) is 5.04. The van der Waals surface area contributed by atoms with E-state index in [1.54, 1.807) is 12.1 Å². The minimum Gasteiger partial charge on any atom is -0.337 e. The summed E-state index contributed by atoms with van der Waals surface area (Å²) in [6, 6.07) is 5.68. The molecule has 1 aliphatic heterocycles. The highest BCUT2D eigenvalue weighted by atomic mass is 35.5. The molecule has 0 radical (unpaired) electrons. The Kier molecular flexibility index (Phi) is 5.90. The summed E-state index contributed by atoms with van der Waals surface area (Å²) in [7, 11) is -6.85. The van der Waals surface area contributed by atoms with Gasteiger partial charge in [-0.25, -0.2) is 22.0 Å². The quantitative estimate of drug-likeness (QED) is 0.689. The summed E-state index contributed by atoms with van der Waals surface area (Å²) >= 11 is 5.63. The predicted molar refractivity (Wildman–Crippen MR) is 91.0 cm³/mol. The Labute approximate surface area is 146 Å². The van der Waals surface area contributed by atoms with Gasteiger partial charge in [-0.1, -0.05) is 12.1 Å². The molecule has 2 rings (SSSR count). The molecule has 0 aromatic heterocycles. The summed E-state index contributed by atoms with van der Waals surface area (Å²) in [5.41, 5.74) is 0.815. The number of amides is 1. The summed E-state index contributed by atoms with van der Waals surface area (Å²) < 4.78 is 45.7. The lowest BCUT2D eigenvalue weighted by molar-refractivity contribution is -0.130. The van der Waals surface area contributed by atoms with E-state index in [9.17, 15) is 21.6 Å². The molecule has 10 heteroatoms. The van der Waals surface area contributed by atoms with Crippen molar-refractivity contribution < 1.29 is 21.6 Å². The number of nitrogens with zero attached hydrogens (tertiary/aromatic N) is 1. The molecule has 24 heavy (non-hydrogen) atoms. The lowest BCUT2D eigenvalue weighted by Gasteiger charge is -2.27. The fraction of sp³-hybridized carbons (Fsp3) is 0.500. The summed E-state index contributed by atoms with van der Waals surface area (Å²) in [6.45, 7) is 0.320. The second-order valence-electron chi connectivity index (χ2n) is 5.72. The largest absolute Gasteiger partial charge is 0.337 e. The number of halogens is 1. The Balaban J connectivity index is 2.07. The Morgan fingerprint density at radius 3 is 2.38 bits per heavy atom. The zero-order valence-electron chi connectivity index (χ0n) is 12.9. The van der Waals surface area contributed by atoms with Crippen molar-refractivity contribution in [2.24, 2.45) is 5.14 Å². The first kappa shape index (κ1) is 19.2. The molecule has 7 nitrogen and oxygen atoms in total. The van der Waals surface area contributed by atoms with Crippen LogP contribution >= 0.6 is 11.6 Å². The van der Waals surface area contributed by atoms with Crippen LogP contribution in [0.1, 0.15) is 12.0 Å². The van der Waals surface area contributed by atoms with Gasteiger partial charge in [0.25, 0.3) is 0 Å². The molecule has 2 N–H and O–H groups in total. The fourth-order valence-corrected chi connectivity index (χ4v) is 5.10. The number of rotatable bonds is 6. The number of carbonyl (C=O) groups excluding carboxylic acids is 1. The van der Waals surface area contributed by atoms with E-state index >= 15 is 0 Å². The Hall–Kier alpha value is -1.16. The monoisotopic (exact) mass is 394 g/mol. The highest BCUT2D eigenvalue weighted by molar-refractivity contribution is 7.91. The second-order valence-corrected chi connectivity index (χ2v) is 9.77. The van der Waals surface area contributed by atoms with Crippen LogP contribution in [0.15, 0.2) is 29.2 Å². The molecular weight excluding hydrogens is 376 g/mol. The number of hydrogen-bond acceptors (Lipinski definition) is 5. The fourth-order valence-electron chi connectivity index (χ4n) is 2.70. The first-order chi connectivity index (χ1) is 11.1. The molecule has 1 unspecified atom stereocenters. The van der Waals surface area contributed by atoms with Crippen molar-refractivity contribution in [1.82, 2.24) is 4.90 Å². The molecule has 0 aliphatic carbocycles. The molecule has 1 fully saturated rings. The molecule has 0 spiro atoms. The van der Waals surface area contributed by atoms with Gasteiger partial charge in [0, 0.05) is 12.6 Å². The average Bonchev–Trinajstić information content (AvgIpc) is 2.86. The topological polar surface area (TPSA) is 115 Å². The minimum absolute atomic E-state index is 0.0156. The van der Waals surface area contributed by atoms with E-state index in [0.717, 1.165) is 5.56 Å². The standard InChI is InChI=1S/C14H19ClN2O5S2/c15-9-14(18)17(12-6-8-23(19,20)10-12)7-5-11-1-3-13(4-2-11)24(16,21)22/h1-4,12H,5-10H2,(H2,16,21,22). The highest BCUT2D eigenvalue weighted by Crippen LogP contribution is 2.19. The van der Waals surface area contributed by atoms with E-state index in [0.29, 0.717) is 19.4 Å². The normalized spacial score (nSPS) is 20.0. The first-order valence-electron chi connectivity index (χ1n) is 7.30. The lowest BCUT2D eigenvalue weighted by atomic mass is 10.1. The maximum atomic E-state index is 12.0. The van der Waals surface area contributed by atoms with Crippen molar-refractivity contribution in [2.75, 3.05) is 23.9 Å². The molecule has 1 atom stereocenters. The molecule has 1 aromatic rings. The molecular formula is C14H19ClN2O5S2. The average molecular weight is 395 g/mol. The number of carbonyl (C=O) groups is 1. The maximum absolute atomic E-state index is 12.0.